The minimum Gasteiger partial charge on any atom is -0.493 e. The average Bonchev–Trinajstić information content (AvgIpc) is 3.20. The van der Waals surface area contributed by atoms with Gasteiger partial charge in [0, 0.05) is 25.1 Å². The number of carboxylic acids is 1. The van der Waals surface area contributed by atoms with Crippen LogP contribution in [0, 0.1) is 6.92 Å². The van der Waals surface area contributed by atoms with E-state index in [1.165, 1.54) is 12.1 Å². The van der Waals surface area contributed by atoms with Crippen LogP contribution in [0.3, 0.4) is 0 Å². The highest BCUT2D eigenvalue weighted by atomic mass is 19.4. The summed E-state index contributed by atoms with van der Waals surface area (Å²) in [5, 5.41) is 9.35. The normalized spacial score (nSPS) is 16.9. The fourth-order valence-electron chi connectivity index (χ4n) is 3.83. The molecule has 0 bridgehead atoms. The van der Waals surface area contributed by atoms with E-state index in [0.717, 1.165) is 17.7 Å². The summed E-state index contributed by atoms with van der Waals surface area (Å²) in [7, 11) is 0. The second kappa shape index (κ2) is 10.5. The lowest BCUT2D eigenvalue weighted by atomic mass is 10.1. The number of aromatic nitrogens is 1. The number of morpholine rings is 1. The van der Waals surface area contributed by atoms with Gasteiger partial charge in [0.1, 0.15) is 17.6 Å². The predicted octanol–water partition coefficient (Wildman–Crippen LogP) is 4.58. The summed E-state index contributed by atoms with van der Waals surface area (Å²) >= 11 is 0. The van der Waals surface area contributed by atoms with Crippen molar-refractivity contribution in [3.8, 4) is 17.2 Å². The van der Waals surface area contributed by atoms with Crippen LogP contribution in [0.1, 0.15) is 22.6 Å². The molecule has 35 heavy (non-hydrogen) atoms. The number of carbonyl (C=O) groups is 1. The molecule has 1 saturated heterocycles. The number of benzene rings is 2. The fourth-order valence-corrected chi connectivity index (χ4v) is 3.83. The van der Waals surface area contributed by atoms with Gasteiger partial charge >= 0.3 is 12.1 Å². The smallest absolute Gasteiger partial charge is 0.416 e. The molecule has 1 aromatic heterocycles. The number of nitrogens with zero attached hydrogens (tertiary/aromatic N) is 2. The topological polar surface area (TPSA) is 85.0 Å². The summed E-state index contributed by atoms with van der Waals surface area (Å²) in [4.78, 5) is 17.7. The molecular formula is C25H25F3N2O5. The van der Waals surface area contributed by atoms with Crippen molar-refractivity contribution in [3.05, 3.63) is 71.1 Å². The summed E-state index contributed by atoms with van der Waals surface area (Å²) in [5.41, 5.74) is 1.38. The first-order chi connectivity index (χ1) is 16.7. The first kappa shape index (κ1) is 24.7. The number of hydrogen-bond donors (Lipinski definition) is 1. The highest BCUT2D eigenvalue weighted by Gasteiger charge is 2.30. The Bertz CT molecular complexity index is 1140. The number of aliphatic carboxylic acids is 1. The van der Waals surface area contributed by atoms with E-state index in [9.17, 15) is 23.1 Å². The average molecular weight is 490 g/mol. The summed E-state index contributed by atoms with van der Waals surface area (Å²) in [5.74, 6) is 0.611. The van der Waals surface area contributed by atoms with Crippen LogP contribution in [-0.2, 0) is 28.7 Å². The summed E-state index contributed by atoms with van der Waals surface area (Å²) < 4.78 is 55.0. The van der Waals surface area contributed by atoms with Crippen molar-refractivity contribution in [2.24, 2.45) is 0 Å². The Morgan fingerprint density at radius 3 is 2.54 bits per heavy atom. The third kappa shape index (κ3) is 6.20. The van der Waals surface area contributed by atoms with Crippen molar-refractivity contribution in [2.75, 3.05) is 26.4 Å². The number of carboxylic acid groups (broad SMARTS) is 1. The molecule has 1 aliphatic heterocycles. The quantitative estimate of drug-likeness (QED) is 0.495. The molecule has 2 heterocycles. The number of hydrogen-bond acceptors (Lipinski definition) is 6. The van der Waals surface area contributed by atoms with Gasteiger partial charge in [0.2, 0.25) is 5.89 Å². The van der Waals surface area contributed by atoms with Crippen LogP contribution in [-0.4, -0.2) is 53.4 Å². The molecule has 0 aliphatic carbocycles. The highest BCUT2D eigenvalue weighted by Crippen LogP contribution is 2.31. The molecule has 2 aromatic carbocycles. The van der Waals surface area contributed by atoms with Gasteiger partial charge in [0.05, 0.1) is 31.1 Å². The second-order valence-electron chi connectivity index (χ2n) is 8.24. The molecule has 0 radical (unpaired) electrons. The minimum absolute atomic E-state index is 0.179. The monoisotopic (exact) mass is 490 g/mol. The number of ether oxygens (including phenoxy) is 2. The first-order valence-corrected chi connectivity index (χ1v) is 11.1. The van der Waals surface area contributed by atoms with Crippen molar-refractivity contribution in [3.63, 3.8) is 0 Å². The van der Waals surface area contributed by atoms with E-state index in [0.29, 0.717) is 55.5 Å². The molecule has 4 rings (SSSR count). The van der Waals surface area contributed by atoms with E-state index in [-0.39, 0.29) is 12.5 Å². The molecule has 0 amide bonds. The van der Waals surface area contributed by atoms with Gasteiger partial charge in [-0.1, -0.05) is 12.1 Å². The Hall–Kier alpha value is -3.37. The molecule has 0 spiro atoms. The SMILES string of the molecule is Cc1oc(-c2ccc(C(F)(F)F)cc2)nc1CCOc1ccc(CN2CCOC[C@H]2C(=O)O)cc1. The lowest BCUT2D eigenvalue weighted by Gasteiger charge is -2.32. The molecule has 1 N–H and O–H groups in total. The Kier molecular flexibility index (Phi) is 7.42. The maximum atomic E-state index is 12.8. The largest absolute Gasteiger partial charge is 0.493 e. The van der Waals surface area contributed by atoms with Crippen molar-refractivity contribution >= 4 is 5.97 Å². The Labute approximate surface area is 200 Å². The van der Waals surface area contributed by atoms with Crippen molar-refractivity contribution < 1.29 is 37.0 Å². The van der Waals surface area contributed by atoms with Crippen LogP contribution in [0.25, 0.3) is 11.5 Å². The van der Waals surface area contributed by atoms with Gasteiger partial charge in [-0.05, 0) is 48.9 Å². The van der Waals surface area contributed by atoms with Crippen LogP contribution < -0.4 is 4.74 Å². The van der Waals surface area contributed by atoms with E-state index >= 15 is 0 Å². The zero-order valence-corrected chi connectivity index (χ0v) is 19.0. The molecule has 186 valence electrons. The van der Waals surface area contributed by atoms with Gasteiger partial charge in [-0.25, -0.2) is 4.98 Å². The molecule has 3 aromatic rings. The number of rotatable bonds is 8. The molecule has 7 nitrogen and oxygen atoms in total. The van der Waals surface area contributed by atoms with Gasteiger partial charge in [-0.2, -0.15) is 13.2 Å². The van der Waals surface area contributed by atoms with Gasteiger partial charge in [0.25, 0.3) is 0 Å². The summed E-state index contributed by atoms with van der Waals surface area (Å²) in [6, 6.07) is 11.5. The molecule has 1 fully saturated rings. The van der Waals surface area contributed by atoms with E-state index in [4.69, 9.17) is 13.9 Å². The number of alkyl halides is 3. The van der Waals surface area contributed by atoms with Crippen LogP contribution in [0.15, 0.2) is 52.9 Å². The molecule has 0 unspecified atom stereocenters. The number of oxazole rings is 1. The van der Waals surface area contributed by atoms with Gasteiger partial charge < -0.3 is 19.0 Å². The second-order valence-corrected chi connectivity index (χ2v) is 8.24. The van der Waals surface area contributed by atoms with E-state index in [1.54, 1.807) is 6.92 Å². The van der Waals surface area contributed by atoms with Gasteiger partial charge in [-0.3, -0.25) is 9.69 Å². The van der Waals surface area contributed by atoms with Crippen molar-refractivity contribution in [1.29, 1.82) is 0 Å². The standard InChI is InChI=1S/C25H25F3N2O5/c1-16-21(29-23(35-16)18-4-6-19(7-5-18)25(26,27)28)10-12-34-20-8-2-17(3-9-20)14-30-11-13-33-15-22(30)24(31)32/h2-9,22H,10-15H2,1H3,(H,31,32)/t22-/m0/s1. The third-order valence-electron chi connectivity index (χ3n) is 5.79. The first-order valence-electron chi connectivity index (χ1n) is 11.1. The highest BCUT2D eigenvalue weighted by molar-refractivity contribution is 5.73. The zero-order chi connectivity index (χ0) is 25.0. The molecule has 10 heteroatoms. The van der Waals surface area contributed by atoms with Crippen LogP contribution in [0.5, 0.6) is 5.75 Å². The van der Waals surface area contributed by atoms with Crippen molar-refractivity contribution in [2.45, 2.75) is 32.1 Å². The third-order valence-corrected chi connectivity index (χ3v) is 5.79. The van der Waals surface area contributed by atoms with Gasteiger partial charge in [-0.15, -0.1) is 0 Å². The lowest BCUT2D eigenvalue weighted by molar-refractivity contribution is -0.150. The Balaban J connectivity index is 1.31. The number of aryl methyl sites for hydroxylation is 1. The van der Waals surface area contributed by atoms with E-state index < -0.39 is 23.8 Å². The molecule has 1 aliphatic rings. The minimum atomic E-state index is -4.39. The van der Waals surface area contributed by atoms with Crippen LogP contribution >= 0.6 is 0 Å². The van der Waals surface area contributed by atoms with Crippen LogP contribution in [0.4, 0.5) is 13.2 Å². The molecule has 0 saturated carbocycles. The lowest BCUT2D eigenvalue weighted by Crippen LogP contribution is -2.49. The van der Waals surface area contributed by atoms with E-state index in [1.807, 2.05) is 29.2 Å². The maximum absolute atomic E-state index is 12.8. The maximum Gasteiger partial charge on any atom is 0.416 e. The van der Waals surface area contributed by atoms with E-state index in [2.05, 4.69) is 4.98 Å². The zero-order valence-electron chi connectivity index (χ0n) is 19.0. The summed E-state index contributed by atoms with van der Waals surface area (Å²) in [6.07, 6.45) is -3.93. The molecule has 1 atom stereocenters. The molecular weight excluding hydrogens is 465 g/mol. The van der Waals surface area contributed by atoms with Gasteiger partial charge in [0.15, 0.2) is 0 Å². The predicted molar refractivity (Wildman–Crippen MR) is 120 cm³/mol. The Morgan fingerprint density at radius 2 is 1.89 bits per heavy atom. The van der Waals surface area contributed by atoms with Crippen LogP contribution in [0.2, 0.25) is 0 Å². The van der Waals surface area contributed by atoms with Crippen molar-refractivity contribution in [1.82, 2.24) is 9.88 Å². The number of halogens is 3. The Morgan fingerprint density at radius 1 is 1.17 bits per heavy atom. The summed E-state index contributed by atoms with van der Waals surface area (Å²) in [6.45, 7) is 3.84. The fraction of sp³-hybridized carbons (Fsp3) is 0.360.